The molecule has 0 fully saturated rings. The Kier molecular flexibility index (Phi) is 4.43. The van der Waals surface area contributed by atoms with Gasteiger partial charge in [-0.15, -0.1) is 11.3 Å². The molecule has 3 rings (SSSR count). The fourth-order valence-electron chi connectivity index (χ4n) is 2.34. The summed E-state index contributed by atoms with van der Waals surface area (Å²) in [6.45, 7) is 1.46. The lowest BCUT2D eigenvalue weighted by molar-refractivity contribution is -0.140. The van der Waals surface area contributed by atoms with E-state index in [1.807, 2.05) is 0 Å². The number of sulfone groups is 1. The molecule has 4 nitrogen and oxygen atoms in total. The molecule has 1 aromatic carbocycles. The number of nitrogens with zero attached hydrogens (tertiary/aromatic N) is 2. The molecular formula is C16H12F4N2O2S2. The molecule has 26 heavy (non-hydrogen) atoms. The third-order valence-electron chi connectivity index (χ3n) is 3.72. The zero-order valence-electron chi connectivity index (χ0n) is 13.5. The highest BCUT2D eigenvalue weighted by Gasteiger charge is 2.35. The lowest BCUT2D eigenvalue weighted by Crippen LogP contribution is -2.05. The van der Waals surface area contributed by atoms with Crippen molar-refractivity contribution in [2.45, 2.75) is 18.0 Å². The van der Waals surface area contributed by atoms with E-state index < -0.39 is 27.5 Å². The van der Waals surface area contributed by atoms with E-state index in [2.05, 4.69) is 4.98 Å². The van der Waals surface area contributed by atoms with E-state index in [0.717, 1.165) is 23.8 Å². The van der Waals surface area contributed by atoms with Crippen molar-refractivity contribution in [3.63, 3.8) is 0 Å². The Morgan fingerprint density at radius 1 is 1.15 bits per heavy atom. The van der Waals surface area contributed by atoms with Crippen molar-refractivity contribution in [3.8, 4) is 16.4 Å². The summed E-state index contributed by atoms with van der Waals surface area (Å²) >= 11 is 0.948. The van der Waals surface area contributed by atoms with Gasteiger partial charge in [-0.1, -0.05) is 0 Å². The summed E-state index contributed by atoms with van der Waals surface area (Å²) in [5, 5.41) is 1.20. The maximum Gasteiger partial charge on any atom is 0.434 e. The highest BCUT2D eigenvalue weighted by molar-refractivity contribution is 7.90. The molecule has 0 amide bonds. The second-order valence-corrected chi connectivity index (χ2v) is 8.52. The van der Waals surface area contributed by atoms with E-state index >= 15 is 0 Å². The van der Waals surface area contributed by atoms with E-state index in [1.54, 1.807) is 0 Å². The second kappa shape index (κ2) is 6.20. The van der Waals surface area contributed by atoms with Gasteiger partial charge in [-0.25, -0.2) is 17.8 Å². The first-order valence-electron chi connectivity index (χ1n) is 7.19. The lowest BCUT2D eigenvalue weighted by Gasteiger charge is -2.08. The largest absolute Gasteiger partial charge is 0.434 e. The summed E-state index contributed by atoms with van der Waals surface area (Å²) in [6.07, 6.45) is -2.83. The van der Waals surface area contributed by atoms with Gasteiger partial charge >= 0.3 is 6.18 Å². The Balaban J connectivity index is 2.20. The Morgan fingerprint density at radius 3 is 2.23 bits per heavy atom. The Hall–Kier alpha value is -2.20. The first-order valence-corrected chi connectivity index (χ1v) is 9.96. The van der Waals surface area contributed by atoms with Gasteiger partial charge in [-0.2, -0.15) is 13.2 Å². The summed E-state index contributed by atoms with van der Waals surface area (Å²) in [6, 6.07) is 5.34. The highest BCUT2D eigenvalue weighted by Crippen LogP contribution is 2.36. The van der Waals surface area contributed by atoms with Crippen molar-refractivity contribution < 1.29 is 26.0 Å². The monoisotopic (exact) mass is 404 g/mol. The molecule has 0 N–H and O–H groups in total. The number of hydrogen-bond acceptors (Lipinski definition) is 4. The van der Waals surface area contributed by atoms with Crippen molar-refractivity contribution in [1.82, 2.24) is 9.55 Å². The topological polar surface area (TPSA) is 52.0 Å². The van der Waals surface area contributed by atoms with Gasteiger partial charge in [0.05, 0.1) is 9.77 Å². The minimum absolute atomic E-state index is 0.0392. The molecule has 0 saturated heterocycles. The molecule has 2 heterocycles. The number of halogens is 4. The normalized spacial score (nSPS) is 12.5. The Morgan fingerprint density at radius 2 is 1.77 bits per heavy atom. The van der Waals surface area contributed by atoms with Crippen molar-refractivity contribution in [2.24, 2.45) is 0 Å². The summed E-state index contributed by atoms with van der Waals surface area (Å²) in [7, 11) is -3.44. The maximum atomic E-state index is 13.7. The van der Waals surface area contributed by atoms with Crippen molar-refractivity contribution in [1.29, 1.82) is 0 Å². The van der Waals surface area contributed by atoms with Gasteiger partial charge in [-0.05, 0) is 31.2 Å². The first kappa shape index (κ1) is 18.6. The molecule has 0 saturated carbocycles. The average Bonchev–Trinajstić information content (AvgIpc) is 3.11. The van der Waals surface area contributed by atoms with Gasteiger partial charge in [0.2, 0.25) is 0 Å². The molecule has 0 aliphatic carbocycles. The van der Waals surface area contributed by atoms with Crippen molar-refractivity contribution in [2.75, 3.05) is 6.26 Å². The Labute approximate surface area is 150 Å². The standard InChI is InChI=1S/C16H12F4N2O2S2/c1-9-12(17)8-25-14(9)15-21-13(16(18,19)20)7-22(15)10-3-5-11(6-4-10)26(2,23)24/h3-8H,1-2H3. The van der Waals surface area contributed by atoms with Crippen LogP contribution >= 0.6 is 11.3 Å². The van der Waals surface area contributed by atoms with Crippen molar-refractivity contribution in [3.05, 3.63) is 52.9 Å². The van der Waals surface area contributed by atoms with E-state index in [0.29, 0.717) is 0 Å². The van der Waals surface area contributed by atoms with Gasteiger partial charge in [0.25, 0.3) is 0 Å². The van der Waals surface area contributed by atoms with Crippen LogP contribution in [-0.4, -0.2) is 24.2 Å². The van der Waals surface area contributed by atoms with Crippen LogP contribution in [0.15, 0.2) is 40.7 Å². The Bertz CT molecular complexity index is 1060. The van der Waals surface area contributed by atoms with Crippen LogP contribution < -0.4 is 0 Å². The molecule has 0 aliphatic rings. The molecule has 0 atom stereocenters. The molecule has 0 radical (unpaired) electrons. The van der Waals surface area contributed by atoms with Gasteiger partial charge < -0.3 is 0 Å². The zero-order valence-corrected chi connectivity index (χ0v) is 15.1. The van der Waals surface area contributed by atoms with E-state index in [-0.39, 0.29) is 26.8 Å². The third-order valence-corrected chi connectivity index (χ3v) is 5.90. The number of imidazole rings is 1. The molecule has 10 heteroatoms. The molecule has 0 bridgehead atoms. The number of benzene rings is 1. The van der Waals surface area contributed by atoms with E-state index in [9.17, 15) is 26.0 Å². The molecule has 138 valence electrons. The maximum absolute atomic E-state index is 13.7. The third kappa shape index (κ3) is 3.38. The highest BCUT2D eigenvalue weighted by atomic mass is 32.2. The molecule has 3 aromatic rings. The average molecular weight is 404 g/mol. The fourth-order valence-corrected chi connectivity index (χ4v) is 3.90. The number of aromatic nitrogens is 2. The summed E-state index contributed by atoms with van der Waals surface area (Å²) < 4.78 is 77.3. The fraction of sp³-hybridized carbons (Fsp3) is 0.188. The second-order valence-electron chi connectivity index (χ2n) is 5.62. The van der Waals surface area contributed by atoms with E-state index in [1.165, 1.54) is 41.1 Å². The van der Waals surface area contributed by atoms with Crippen LogP contribution in [0.5, 0.6) is 0 Å². The lowest BCUT2D eigenvalue weighted by atomic mass is 10.2. The molecule has 0 spiro atoms. The molecule has 0 unspecified atom stereocenters. The SMILES string of the molecule is Cc1c(F)csc1-c1nc(C(F)(F)F)cn1-c1ccc(S(C)(=O)=O)cc1. The van der Waals surface area contributed by atoms with Crippen LogP contribution in [0.1, 0.15) is 11.3 Å². The van der Waals surface area contributed by atoms with Gasteiger partial charge in [0.1, 0.15) is 5.82 Å². The predicted octanol–water partition coefficient (Wildman–Crippen LogP) is 4.47. The summed E-state index contributed by atoms with van der Waals surface area (Å²) in [5.41, 5.74) is -0.639. The number of rotatable bonds is 3. The zero-order chi connectivity index (χ0) is 19.3. The number of hydrogen-bond donors (Lipinski definition) is 0. The van der Waals surface area contributed by atoms with Crippen LogP contribution in [0.3, 0.4) is 0 Å². The van der Waals surface area contributed by atoms with Gasteiger partial charge in [0, 0.05) is 29.1 Å². The van der Waals surface area contributed by atoms with E-state index in [4.69, 9.17) is 0 Å². The molecule has 0 aliphatic heterocycles. The molecule has 2 aromatic heterocycles. The smallest absolute Gasteiger partial charge is 0.298 e. The van der Waals surface area contributed by atoms with Crippen molar-refractivity contribution >= 4 is 21.2 Å². The minimum atomic E-state index is -4.67. The predicted molar refractivity (Wildman–Crippen MR) is 89.7 cm³/mol. The van der Waals surface area contributed by atoms with Gasteiger partial charge in [-0.3, -0.25) is 4.57 Å². The van der Waals surface area contributed by atoms with Crippen LogP contribution in [-0.2, 0) is 16.0 Å². The van der Waals surface area contributed by atoms with Crippen LogP contribution in [0.2, 0.25) is 0 Å². The first-order chi connectivity index (χ1) is 12.0. The van der Waals surface area contributed by atoms with Crippen LogP contribution in [0.4, 0.5) is 17.6 Å². The number of thiophene rings is 1. The molecular weight excluding hydrogens is 392 g/mol. The van der Waals surface area contributed by atoms with Crippen LogP contribution in [0, 0.1) is 12.7 Å². The number of alkyl halides is 3. The van der Waals surface area contributed by atoms with Gasteiger partial charge in [0.15, 0.2) is 21.4 Å². The summed E-state index contributed by atoms with van der Waals surface area (Å²) in [5.74, 6) is -0.587. The summed E-state index contributed by atoms with van der Waals surface area (Å²) in [4.78, 5) is 3.94. The quantitative estimate of drug-likeness (QED) is 0.605. The van der Waals surface area contributed by atoms with Crippen LogP contribution in [0.25, 0.3) is 16.4 Å². The minimum Gasteiger partial charge on any atom is -0.298 e.